The molecule has 0 aromatic heterocycles. The Balaban J connectivity index is 2.14. The maximum atomic E-state index is 11.4. The van der Waals surface area contributed by atoms with E-state index in [4.69, 9.17) is 9.47 Å². The first-order valence-corrected chi connectivity index (χ1v) is 7.28. The quantitative estimate of drug-likeness (QED) is 0.398. The minimum absolute atomic E-state index is 0.290. The van der Waals surface area contributed by atoms with Crippen molar-refractivity contribution >= 4 is 11.9 Å². The van der Waals surface area contributed by atoms with Crippen molar-refractivity contribution in [1.29, 1.82) is 0 Å². The lowest BCUT2D eigenvalue weighted by Crippen LogP contribution is -2.07. The first kappa shape index (κ1) is 17.0. The number of unbranched alkanes of at least 4 members (excludes halogenated alkanes) is 2. The van der Waals surface area contributed by atoms with Crippen LogP contribution >= 0.6 is 0 Å². The van der Waals surface area contributed by atoms with Gasteiger partial charge in [0.15, 0.2) is 0 Å². The second-order valence-electron chi connectivity index (χ2n) is 4.61. The minimum atomic E-state index is -0.531. The van der Waals surface area contributed by atoms with Crippen LogP contribution in [0.15, 0.2) is 42.5 Å². The summed E-state index contributed by atoms with van der Waals surface area (Å²) in [6.07, 6.45) is 5.81. The molecule has 1 aromatic rings. The number of carbonyl (C=O) groups excluding carboxylic acids is 2. The zero-order chi connectivity index (χ0) is 15.3. The molecule has 0 spiro atoms. The van der Waals surface area contributed by atoms with Crippen LogP contribution in [0.1, 0.15) is 31.7 Å². The molecule has 0 amide bonds. The predicted octanol–water partition coefficient (Wildman–Crippen LogP) is 3.06. The van der Waals surface area contributed by atoms with E-state index in [1.165, 1.54) is 0 Å². The summed E-state index contributed by atoms with van der Waals surface area (Å²) in [6, 6.07) is 9.75. The van der Waals surface area contributed by atoms with Gasteiger partial charge in [0.25, 0.3) is 0 Å². The molecule has 0 saturated heterocycles. The molecule has 0 N–H and O–H groups in total. The molecule has 21 heavy (non-hydrogen) atoms. The van der Waals surface area contributed by atoms with Gasteiger partial charge in [0.2, 0.25) is 0 Å². The molecule has 0 aliphatic carbocycles. The number of hydrogen-bond acceptors (Lipinski definition) is 4. The lowest BCUT2D eigenvalue weighted by Gasteiger charge is -2.02. The molecule has 0 aliphatic heterocycles. The molecule has 0 heterocycles. The van der Waals surface area contributed by atoms with E-state index in [0.717, 1.165) is 37.0 Å². The molecule has 0 atom stereocenters. The molecule has 1 rings (SSSR count). The Hall–Kier alpha value is -2.10. The Bertz CT molecular complexity index is 451. The molecule has 0 unspecified atom stereocenters. The summed E-state index contributed by atoms with van der Waals surface area (Å²) in [6.45, 7) is 2.76. The van der Waals surface area contributed by atoms with Crippen LogP contribution in [0, 0.1) is 0 Å². The van der Waals surface area contributed by atoms with E-state index in [1.54, 1.807) is 0 Å². The molecule has 0 radical (unpaired) electrons. The van der Waals surface area contributed by atoms with Gasteiger partial charge in [-0.15, -0.1) is 0 Å². The molecular weight excluding hydrogens is 268 g/mol. The summed E-state index contributed by atoms with van der Waals surface area (Å²) < 4.78 is 9.94. The van der Waals surface area contributed by atoms with Crippen LogP contribution in [-0.4, -0.2) is 25.2 Å². The fourth-order valence-electron chi connectivity index (χ4n) is 1.67. The highest BCUT2D eigenvalue weighted by atomic mass is 16.5. The Labute approximate surface area is 125 Å². The van der Waals surface area contributed by atoms with Crippen molar-refractivity contribution in [2.75, 3.05) is 13.2 Å². The molecule has 114 valence electrons. The lowest BCUT2D eigenvalue weighted by atomic mass is 10.2. The van der Waals surface area contributed by atoms with E-state index in [9.17, 15) is 9.59 Å². The third-order valence-electron chi connectivity index (χ3n) is 2.83. The van der Waals surface area contributed by atoms with Gasteiger partial charge in [-0.1, -0.05) is 50.1 Å². The Morgan fingerprint density at radius 1 is 0.952 bits per heavy atom. The number of carbonyl (C=O) groups is 2. The summed E-state index contributed by atoms with van der Waals surface area (Å²) in [5.41, 5.74) is 1.10. The van der Waals surface area contributed by atoms with Gasteiger partial charge >= 0.3 is 11.9 Å². The van der Waals surface area contributed by atoms with Crippen LogP contribution in [0.4, 0.5) is 0 Å². The average Bonchev–Trinajstić information content (AvgIpc) is 2.50. The number of benzene rings is 1. The molecule has 0 fully saturated rings. The van der Waals surface area contributed by atoms with Gasteiger partial charge in [-0.25, -0.2) is 9.59 Å². The van der Waals surface area contributed by atoms with Crippen LogP contribution in [0.3, 0.4) is 0 Å². The van der Waals surface area contributed by atoms with Crippen molar-refractivity contribution in [3.8, 4) is 0 Å². The fraction of sp³-hybridized carbons (Fsp3) is 0.412. The topological polar surface area (TPSA) is 52.6 Å². The largest absolute Gasteiger partial charge is 0.463 e. The lowest BCUT2D eigenvalue weighted by molar-refractivity contribution is -0.140. The monoisotopic (exact) mass is 290 g/mol. The molecule has 1 aromatic carbocycles. The first-order valence-electron chi connectivity index (χ1n) is 7.28. The molecule has 0 saturated carbocycles. The van der Waals surface area contributed by atoms with Gasteiger partial charge in [-0.2, -0.15) is 0 Å². The van der Waals surface area contributed by atoms with E-state index in [-0.39, 0.29) is 0 Å². The van der Waals surface area contributed by atoms with Crippen molar-refractivity contribution in [3.05, 3.63) is 48.0 Å². The van der Waals surface area contributed by atoms with E-state index in [0.29, 0.717) is 19.6 Å². The number of ether oxygens (including phenoxy) is 2. The zero-order valence-electron chi connectivity index (χ0n) is 12.4. The summed E-state index contributed by atoms with van der Waals surface area (Å²) >= 11 is 0. The highest BCUT2D eigenvalue weighted by Gasteiger charge is 2.01. The minimum Gasteiger partial charge on any atom is -0.463 e. The average molecular weight is 290 g/mol. The van der Waals surface area contributed by atoms with Crippen molar-refractivity contribution in [1.82, 2.24) is 0 Å². The smallest absolute Gasteiger partial charge is 0.331 e. The third-order valence-corrected chi connectivity index (χ3v) is 2.83. The number of esters is 2. The van der Waals surface area contributed by atoms with Crippen LogP contribution < -0.4 is 0 Å². The number of hydrogen-bond donors (Lipinski definition) is 0. The zero-order valence-corrected chi connectivity index (χ0v) is 12.4. The van der Waals surface area contributed by atoms with Gasteiger partial charge in [0, 0.05) is 18.6 Å². The molecule has 4 nitrogen and oxygen atoms in total. The molecular formula is C17H22O4. The summed E-state index contributed by atoms with van der Waals surface area (Å²) in [7, 11) is 0. The van der Waals surface area contributed by atoms with E-state index in [1.807, 2.05) is 30.3 Å². The van der Waals surface area contributed by atoms with Crippen LogP contribution in [0.2, 0.25) is 0 Å². The van der Waals surface area contributed by atoms with Gasteiger partial charge in [0.05, 0.1) is 13.2 Å². The Morgan fingerprint density at radius 2 is 1.57 bits per heavy atom. The number of rotatable bonds is 9. The summed E-state index contributed by atoms with van der Waals surface area (Å²) in [4.78, 5) is 22.7. The third kappa shape index (κ3) is 8.63. The molecule has 0 aliphatic rings. The van der Waals surface area contributed by atoms with Gasteiger partial charge in [-0.3, -0.25) is 0 Å². The van der Waals surface area contributed by atoms with Crippen molar-refractivity contribution < 1.29 is 19.1 Å². The van der Waals surface area contributed by atoms with Crippen LogP contribution in [0.5, 0.6) is 0 Å². The van der Waals surface area contributed by atoms with E-state index in [2.05, 4.69) is 6.92 Å². The highest BCUT2D eigenvalue weighted by molar-refractivity contribution is 5.91. The maximum absolute atomic E-state index is 11.4. The Kier molecular flexibility index (Phi) is 8.61. The standard InChI is InChI=1S/C17H22O4/c1-2-3-7-13-20-16(18)10-11-17(19)21-14-12-15-8-5-4-6-9-15/h4-6,8-11H,2-3,7,12-14H2,1H3/b11-10+. The van der Waals surface area contributed by atoms with Crippen molar-refractivity contribution in [3.63, 3.8) is 0 Å². The molecule has 0 bridgehead atoms. The van der Waals surface area contributed by atoms with Gasteiger partial charge in [0.1, 0.15) is 0 Å². The van der Waals surface area contributed by atoms with E-state index >= 15 is 0 Å². The first-order chi connectivity index (χ1) is 10.2. The van der Waals surface area contributed by atoms with E-state index < -0.39 is 11.9 Å². The molecule has 4 heteroatoms. The Morgan fingerprint density at radius 3 is 2.19 bits per heavy atom. The second-order valence-corrected chi connectivity index (χ2v) is 4.61. The fourth-order valence-corrected chi connectivity index (χ4v) is 1.67. The normalized spacial score (nSPS) is 10.5. The SMILES string of the molecule is CCCCCOC(=O)/C=C/C(=O)OCCc1ccccc1. The van der Waals surface area contributed by atoms with Crippen LogP contribution in [0.25, 0.3) is 0 Å². The predicted molar refractivity (Wildman–Crippen MR) is 80.7 cm³/mol. The van der Waals surface area contributed by atoms with Crippen molar-refractivity contribution in [2.24, 2.45) is 0 Å². The van der Waals surface area contributed by atoms with Crippen LogP contribution in [-0.2, 0) is 25.5 Å². The van der Waals surface area contributed by atoms with Gasteiger partial charge in [-0.05, 0) is 12.0 Å². The van der Waals surface area contributed by atoms with Crippen molar-refractivity contribution in [2.45, 2.75) is 32.6 Å². The van der Waals surface area contributed by atoms with Gasteiger partial charge < -0.3 is 9.47 Å². The maximum Gasteiger partial charge on any atom is 0.331 e. The summed E-state index contributed by atoms with van der Waals surface area (Å²) in [5.74, 6) is -1.04. The summed E-state index contributed by atoms with van der Waals surface area (Å²) in [5, 5.41) is 0. The highest BCUT2D eigenvalue weighted by Crippen LogP contribution is 2.00. The second kappa shape index (κ2) is 10.7.